The number of halogens is 1. The highest BCUT2D eigenvalue weighted by atomic mass is 32.1. The van der Waals surface area contributed by atoms with Crippen LogP contribution in [0.1, 0.15) is 17.7 Å². The molecule has 3 rings (SSSR count). The van der Waals surface area contributed by atoms with Crippen LogP contribution < -0.4 is 5.32 Å². The third-order valence-corrected chi connectivity index (χ3v) is 4.98. The van der Waals surface area contributed by atoms with Gasteiger partial charge in [-0.3, -0.25) is 0 Å². The van der Waals surface area contributed by atoms with Crippen molar-refractivity contribution in [3.05, 3.63) is 52.5 Å². The lowest BCUT2D eigenvalue weighted by atomic mass is 10.2. The molecule has 0 spiro atoms. The predicted octanol–water partition coefficient (Wildman–Crippen LogP) is 4.27. The van der Waals surface area contributed by atoms with E-state index in [4.69, 9.17) is 17.0 Å². The minimum Gasteiger partial charge on any atom is -0.376 e. The molecule has 1 N–H and O–H groups in total. The van der Waals surface area contributed by atoms with Crippen LogP contribution >= 0.6 is 23.6 Å². The molecule has 122 valence electrons. The van der Waals surface area contributed by atoms with Gasteiger partial charge in [-0.15, -0.1) is 11.3 Å². The van der Waals surface area contributed by atoms with E-state index in [1.54, 1.807) is 23.5 Å². The second-order valence-corrected chi connectivity index (χ2v) is 6.95. The standard InChI is InChI=1S/C17H19FN2OS2/c18-13-5-7-14(8-6-13)19-17(22)20(11-15-3-1-9-21-15)12-16-4-2-10-23-16/h2,4-8,10,15H,1,3,9,11-12H2,(H,19,22)/t15-/m1/s1. The Morgan fingerprint density at radius 3 is 2.83 bits per heavy atom. The average Bonchev–Trinajstić information content (AvgIpc) is 3.22. The molecule has 2 heterocycles. The summed E-state index contributed by atoms with van der Waals surface area (Å²) < 4.78 is 18.8. The smallest absolute Gasteiger partial charge is 0.173 e. The third kappa shape index (κ3) is 4.73. The van der Waals surface area contributed by atoms with Crippen LogP contribution in [0.25, 0.3) is 0 Å². The van der Waals surface area contributed by atoms with Crippen LogP contribution in [0.5, 0.6) is 0 Å². The fourth-order valence-electron chi connectivity index (χ4n) is 2.58. The molecular formula is C17H19FN2OS2. The average molecular weight is 350 g/mol. The Bertz CT molecular complexity index is 625. The number of benzene rings is 1. The molecule has 1 aromatic heterocycles. The molecule has 1 aliphatic heterocycles. The number of thiocarbonyl (C=S) groups is 1. The summed E-state index contributed by atoms with van der Waals surface area (Å²) >= 11 is 7.28. The zero-order chi connectivity index (χ0) is 16.1. The Hall–Kier alpha value is -1.50. The van der Waals surface area contributed by atoms with Crippen molar-refractivity contribution in [3.8, 4) is 0 Å². The molecule has 2 aromatic rings. The number of nitrogens with one attached hydrogen (secondary N) is 1. The minimum absolute atomic E-state index is 0.225. The molecule has 0 unspecified atom stereocenters. The van der Waals surface area contributed by atoms with Crippen molar-refractivity contribution < 1.29 is 9.13 Å². The number of anilines is 1. The van der Waals surface area contributed by atoms with E-state index in [0.29, 0.717) is 5.11 Å². The Morgan fingerprint density at radius 2 is 2.17 bits per heavy atom. The van der Waals surface area contributed by atoms with Crippen LogP contribution in [0.3, 0.4) is 0 Å². The van der Waals surface area contributed by atoms with E-state index in [1.807, 2.05) is 6.07 Å². The number of hydrogen-bond donors (Lipinski definition) is 1. The zero-order valence-electron chi connectivity index (χ0n) is 12.7. The van der Waals surface area contributed by atoms with Gasteiger partial charge in [0.05, 0.1) is 12.6 Å². The molecule has 3 nitrogen and oxygen atoms in total. The normalized spacial score (nSPS) is 17.2. The summed E-state index contributed by atoms with van der Waals surface area (Å²) in [5, 5.41) is 5.90. The number of hydrogen-bond acceptors (Lipinski definition) is 3. The summed E-state index contributed by atoms with van der Waals surface area (Å²) in [4.78, 5) is 3.38. The predicted molar refractivity (Wildman–Crippen MR) is 96.3 cm³/mol. The molecule has 1 aliphatic rings. The van der Waals surface area contributed by atoms with E-state index >= 15 is 0 Å². The first-order valence-corrected chi connectivity index (χ1v) is 8.95. The maximum Gasteiger partial charge on any atom is 0.173 e. The minimum atomic E-state index is -0.253. The van der Waals surface area contributed by atoms with Crippen molar-refractivity contribution in [2.75, 3.05) is 18.5 Å². The fraction of sp³-hybridized carbons (Fsp3) is 0.353. The number of thiophene rings is 1. The topological polar surface area (TPSA) is 24.5 Å². The van der Waals surface area contributed by atoms with Crippen LogP contribution in [0.15, 0.2) is 41.8 Å². The van der Waals surface area contributed by atoms with Gasteiger partial charge in [-0.25, -0.2) is 4.39 Å². The second-order valence-electron chi connectivity index (χ2n) is 5.53. The van der Waals surface area contributed by atoms with Gasteiger partial charge in [-0.1, -0.05) is 6.07 Å². The van der Waals surface area contributed by atoms with Crippen LogP contribution in [0, 0.1) is 5.82 Å². The van der Waals surface area contributed by atoms with Crippen LogP contribution in [0.2, 0.25) is 0 Å². The third-order valence-electron chi connectivity index (χ3n) is 3.76. The number of rotatable bonds is 5. The summed E-state index contributed by atoms with van der Waals surface area (Å²) in [6.07, 6.45) is 2.40. The van der Waals surface area contributed by atoms with Gasteiger partial charge in [0.1, 0.15) is 5.82 Å². The summed E-state index contributed by atoms with van der Waals surface area (Å²) in [6.45, 7) is 2.35. The van der Waals surface area contributed by atoms with Gasteiger partial charge in [0.15, 0.2) is 5.11 Å². The highest BCUT2D eigenvalue weighted by Gasteiger charge is 2.21. The number of ether oxygens (including phenoxy) is 1. The SMILES string of the molecule is Fc1ccc(NC(=S)N(Cc2cccs2)C[C@H]2CCCO2)cc1. The number of nitrogens with zero attached hydrogens (tertiary/aromatic N) is 1. The molecule has 1 aromatic carbocycles. The Labute approximate surface area is 145 Å². The van der Waals surface area contributed by atoms with Crippen molar-refractivity contribution in [2.24, 2.45) is 0 Å². The highest BCUT2D eigenvalue weighted by Crippen LogP contribution is 2.18. The lowest BCUT2D eigenvalue weighted by Gasteiger charge is -2.28. The quantitative estimate of drug-likeness (QED) is 0.814. The van der Waals surface area contributed by atoms with Gasteiger partial charge >= 0.3 is 0 Å². The van der Waals surface area contributed by atoms with Gasteiger partial charge < -0.3 is 15.0 Å². The summed E-state index contributed by atoms with van der Waals surface area (Å²) in [5.41, 5.74) is 0.792. The lowest BCUT2D eigenvalue weighted by Crippen LogP contribution is -2.39. The molecule has 0 radical (unpaired) electrons. The highest BCUT2D eigenvalue weighted by molar-refractivity contribution is 7.80. The molecule has 0 amide bonds. The maximum absolute atomic E-state index is 13.0. The molecule has 6 heteroatoms. The van der Waals surface area contributed by atoms with Crippen molar-refractivity contribution in [1.82, 2.24) is 4.90 Å². The van der Waals surface area contributed by atoms with Crippen molar-refractivity contribution in [3.63, 3.8) is 0 Å². The molecule has 0 saturated carbocycles. The maximum atomic E-state index is 13.0. The molecule has 23 heavy (non-hydrogen) atoms. The van der Waals surface area contributed by atoms with Gasteiger partial charge in [0.2, 0.25) is 0 Å². The van der Waals surface area contributed by atoms with Crippen LogP contribution in [-0.2, 0) is 11.3 Å². The first kappa shape index (κ1) is 16.4. The van der Waals surface area contributed by atoms with Crippen molar-refractivity contribution >= 4 is 34.4 Å². The molecule has 1 fully saturated rings. The molecular weight excluding hydrogens is 331 g/mol. The van der Waals surface area contributed by atoms with Crippen LogP contribution in [-0.4, -0.2) is 29.3 Å². The van der Waals surface area contributed by atoms with Crippen molar-refractivity contribution in [2.45, 2.75) is 25.5 Å². The van der Waals surface area contributed by atoms with E-state index < -0.39 is 0 Å². The fourth-order valence-corrected chi connectivity index (χ4v) is 3.56. The summed E-state index contributed by atoms with van der Waals surface area (Å²) in [6, 6.07) is 10.4. The van der Waals surface area contributed by atoms with E-state index in [1.165, 1.54) is 17.0 Å². The Morgan fingerprint density at radius 1 is 1.35 bits per heavy atom. The Balaban J connectivity index is 1.67. The zero-order valence-corrected chi connectivity index (χ0v) is 14.3. The lowest BCUT2D eigenvalue weighted by molar-refractivity contribution is 0.0907. The first-order chi connectivity index (χ1) is 11.2. The Kier molecular flexibility index (Phi) is 5.59. The van der Waals surface area contributed by atoms with E-state index in [-0.39, 0.29) is 11.9 Å². The molecule has 0 aliphatic carbocycles. The van der Waals surface area contributed by atoms with E-state index in [0.717, 1.165) is 38.2 Å². The van der Waals surface area contributed by atoms with Gasteiger partial charge in [0.25, 0.3) is 0 Å². The largest absolute Gasteiger partial charge is 0.376 e. The van der Waals surface area contributed by atoms with E-state index in [2.05, 4.69) is 21.7 Å². The molecule has 1 atom stereocenters. The van der Waals surface area contributed by atoms with Crippen molar-refractivity contribution in [1.29, 1.82) is 0 Å². The monoisotopic (exact) mass is 350 g/mol. The first-order valence-electron chi connectivity index (χ1n) is 7.66. The second kappa shape index (κ2) is 7.86. The van der Waals surface area contributed by atoms with Crippen LogP contribution in [0.4, 0.5) is 10.1 Å². The van der Waals surface area contributed by atoms with Gasteiger partial charge in [0, 0.05) is 23.7 Å². The molecule has 1 saturated heterocycles. The van der Waals surface area contributed by atoms with E-state index in [9.17, 15) is 4.39 Å². The van der Waals surface area contributed by atoms with Gasteiger partial charge in [-0.05, 0) is 60.8 Å². The molecule has 0 bridgehead atoms. The van der Waals surface area contributed by atoms with Gasteiger partial charge in [-0.2, -0.15) is 0 Å². The summed E-state index contributed by atoms with van der Waals surface area (Å²) in [7, 11) is 0. The summed E-state index contributed by atoms with van der Waals surface area (Å²) in [5.74, 6) is -0.253.